The van der Waals surface area contributed by atoms with Gasteiger partial charge in [0, 0.05) is 12.4 Å². The van der Waals surface area contributed by atoms with Gasteiger partial charge in [-0.2, -0.15) is 0 Å². The number of rotatable bonds is 3. The lowest BCUT2D eigenvalue weighted by Crippen LogP contribution is -2.02. The topological polar surface area (TPSA) is 43.6 Å². The van der Waals surface area contributed by atoms with Gasteiger partial charge in [0.05, 0.1) is 18.4 Å². The number of carbonyl (C=O) groups is 1. The van der Waals surface area contributed by atoms with Gasteiger partial charge >= 0.3 is 5.97 Å². The monoisotopic (exact) mass is 232 g/mol. The summed E-state index contributed by atoms with van der Waals surface area (Å²) in [7, 11) is 1.38. The van der Waals surface area contributed by atoms with Gasteiger partial charge in [-0.05, 0) is 24.5 Å². The maximum absolute atomic E-state index is 11.4. The van der Waals surface area contributed by atoms with Crippen molar-refractivity contribution in [2.45, 2.75) is 20.3 Å². The highest BCUT2D eigenvalue weighted by molar-refractivity contribution is 5.89. The zero-order valence-corrected chi connectivity index (χ0v) is 10.3. The highest BCUT2D eigenvalue weighted by Gasteiger charge is 2.08. The van der Waals surface area contributed by atoms with Crippen LogP contribution in [0.4, 0.5) is 0 Å². The fourth-order valence-electron chi connectivity index (χ4n) is 1.80. The average Bonchev–Trinajstić information content (AvgIpc) is 2.67. The highest BCUT2D eigenvalue weighted by Crippen LogP contribution is 2.11. The van der Waals surface area contributed by atoms with Crippen LogP contribution < -0.4 is 0 Å². The summed E-state index contributed by atoms with van der Waals surface area (Å²) in [6.07, 6.45) is 4.65. The van der Waals surface area contributed by atoms with Crippen molar-refractivity contribution in [1.29, 1.82) is 0 Å². The van der Waals surface area contributed by atoms with Gasteiger partial charge in [-0.25, -0.2) is 9.78 Å². The van der Waals surface area contributed by atoms with E-state index in [1.807, 2.05) is 16.7 Å². The Hall–Kier alpha value is -1.84. The maximum Gasteiger partial charge on any atom is 0.339 e. The van der Waals surface area contributed by atoms with Crippen LogP contribution in [0.15, 0.2) is 24.5 Å². The van der Waals surface area contributed by atoms with Crippen LogP contribution in [0.5, 0.6) is 0 Å². The Bertz CT molecular complexity index is 543. The Morgan fingerprint density at radius 2 is 2.18 bits per heavy atom. The second-order valence-corrected chi connectivity index (χ2v) is 4.51. The summed E-state index contributed by atoms with van der Waals surface area (Å²) in [5.41, 5.74) is 2.43. The predicted molar refractivity (Wildman–Crippen MR) is 65.1 cm³/mol. The lowest BCUT2D eigenvalue weighted by molar-refractivity contribution is 0.0600. The molecule has 0 aromatic carbocycles. The molecule has 0 aliphatic heterocycles. The van der Waals surface area contributed by atoms with Crippen LogP contribution in [-0.4, -0.2) is 22.5 Å². The summed E-state index contributed by atoms with van der Waals surface area (Å²) < 4.78 is 6.55. The molecule has 0 spiro atoms. The Labute approximate surface area is 100 Å². The van der Waals surface area contributed by atoms with Crippen LogP contribution in [0.1, 0.15) is 29.9 Å². The van der Waals surface area contributed by atoms with Crippen LogP contribution in [0.3, 0.4) is 0 Å². The van der Waals surface area contributed by atoms with E-state index >= 15 is 0 Å². The quantitative estimate of drug-likeness (QED) is 0.763. The molecule has 2 aromatic rings. The van der Waals surface area contributed by atoms with Crippen molar-refractivity contribution in [3.8, 4) is 0 Å². The Balaban J connectivity index is 2.37. The molecule has 0 unspecified atom stereocenters. The molecule has 4 nitrogen and oxygen atoms in total. The minimum absolute atomic E-state index is 0.328. The molecule has 0 aliphatic carbocycles. The third kappa shape index (κ3) is 2.46. The zero-order chi connectivity index (χ0) is 12.4. The Kier molecular flexibility index (Phi) is 3.13. The number of pyridine rings is 1. The van der Waals surface area contributed by atoms with Crippen LogP contribution in [-0.2, 0) is 11.2 Å². The van der Waals surface area contributed by atoms with Gasteiger partial charge in [0.25, 0.3) is 0 Å². The van der Waals surface area contributed by atoms with E-state index in [-0.39, 0.29) is 5.97 Å². The number of esters is 1. The number of ether oxygens (including phenoxy) is 1. The molecule has 0 amide bonds. The lowest BCUT2D eigenvalue weighted by Gasteiger charge is -1.99. The molecular weight excluding hydrogens is 216 g/mol. The van der Waals surface area contributed by atoms with Crippen LogP contribution in [0.25, 0.3) is 5.65 Å². The van der Waals surface area contributed by atoms with Crippen molar-refractivity contribution in [2.75, 3.05) is 7.11 Å². The molecule has 0 aliphatic rings. The molecule has 2 heterocycles. The smallest absolute Gasteiger partial charge is 0.339 e. The number of nitrogens with zero attached hydrogens (tertiary/aromatic N) is 2. The van der Waals surface area contributed by atoms with Crippen LogP contribution >= 0.6 is 0 Å². The lowest BCUT2D eigenvalue weighted by atomic mass is 10.1. The standard InChI is InChI=1S/C13H16N2O2/c1-9(2)6-11-8-15-7-10(13(16)17-3)4-5-12(15)14-11/h4-5,7-9H,6H2,1-3H3. The Morgan fingerprint density at radius 3 is 2.82 bits per heavy atom. The molecule has 0 saturated heterocycles. The van der Waals surface area contributed by atoms with Crippen molar-refractivity contribution >= 4 is 11.6 Å². The molecule has 0 saturated carbocycles. The van der Waals surface area contributed by atoms with Crippen molar-refractivity contribution in [3.63, 3.8) is 0 Å². The van der Waals surface area contributed by atoms with Crippen LogP contribution in [0, 0.1) is 5.92 Å². The summed E-state index contributed by atoms with van der Waals surface area (Å²) in [4.78, 5) is 15.9. The van der Waals surface area contributed by atoms with Crippen molar-refractivity contribution < 1.29 is 9.53 Å². The molecule has 0 radical (unpaired) electrons. The van der Waals surface area contributed by atoms with Gasteiger partial charge < -0.3 is 9.14 Å². The third-order valence-electron chi connectivity index (χ3n) is 2.54. The fourth-order valence-corrected chi connectivity index (χ4v) is 1.80. The van der Waals surface area contributed by atoms with E-state index in [1.54, 1.807) is 12.3 Å². The third-order valence-corrected chi connectivity index (χ3v) is 2.54. The summed E-state index contributed by atoms with van der Waals surface area (Å²) in [5, 5.41) is 0. The second-order valence-electron chi connectivity index (χ2n) is 4.51. The number of fused-ring (bicyclic) bond motifs is 1. The van der Waals surface area contributed by atoms with Crippen LogP contribution in [0.2, 0.25) is 0 Å². The van der Waals surface area contributed by atoms with Crippen molar-refractivity contribution in [3.05, 3.63) is 35.8 Å². The van der Waals surface area contributed by atoms with Gasteiger partial charge in [-0.15, -0.1) is 0 Å². The molecule has 0 atom stereocenters. The van der Waals surface area contributed by atoms with E-state index in [1.165, 1.54) is 7.11 Å². The van der Waals surface area contributed by atoms with E-state index in [0.717, 1.165) is 17.8 Å². The summed E-state index contributed by atoms with van der Waals surface area (Å²) in [6.45, 7) is 4.31. The molecule has 0 bridgehead atoms. The van der Waals surface area contributed by atoms with E-state index < -0.39 is 0 Å². The maximum atomic E-state index is 11.4. The fraction of sp³-hybridized carbons (Fsp3) is 0.385. The minimum Gasteiger partial charge on any atom is -0.465 e. The first kappa shape index (κ1) is 11.6. The Morgan fingerprint density at radius 1 is 1.41 bits per heavy atom. The summed E-state index contributed by atoms with van der Waals surface area (Å²) in [5.74, 6) is 0.242. The van der Waals surface area contributed by atoms with Gasteiger partial charge in [0.15, 0.2) is 0 Å². The predicted octanol–water partition coefficient (Wildman–Crippen LogP) is 2.32. The number of aromatic nitrogens is 2. The van der Waals surface area contributed by atoms with E-state index in [9.17, 15) is 4.79 Å². The van der Waals surface area contributed by atoms with E-state index in [2.05, 4.69) is 23.6 Å². The highest BCUT2D eigenvalue weighted by atomic mass is 16.5. The normalized spacial score (nSPS) is 11.1. The van der Waals surface area contributed by atoms with Gasteiger partial charge in [0.2, 0.25) is 0 Å². The van der Waals surface area contributed by atoms with Crippen molar-refractivity contribution in [1.82, 2.24) is 9.38 Å². The van der Waals surface area contributed by atoms with Crippen molar-refractivity contribution in [2.24, 2.45) is 5.92 Å². The number of hydrogen-bond donors (Lipinski definition) is 0. The van der Waals surface area contributed by atoms with Gasteiger partial charge in [-0.1, -0.05) is 13.8 Å². The number of carbonyl (C=O) groups excluding carboxylic acids is 1. The first-order valence-corrected chi connectivity index (χ1v) is 5.66. The molecule has 2 rings (SSSR count). The molecule has 0 N–H and O–H groups in total. The first-order valence-electron chi connectivity index (χ1n) is 5.66. The molecular formula is C13H16N2O2. The summed E-state index contributed by atoms with van der Waals surface area (Å²) >= 11 is 0. The number of imidazole rings is 1. The second kappa shape index (κ2) is 4.57. The molecule has 17 heavy (non-hydrogen) atoms. The molecule has 2 aromatic heterocycles. The van der Waals surface area contributed by atoms with E-state index in [4.69, 9.17) is 0 Å². The summed E-state index contributed by atoms with van der Waals surface area (Å²) in [6, 6.07) is 3.56. The van der Waals surface area contributed by atoms with Gasteiger partial charge in [0.1, 0.15) is 5.65 Å². The number of hydrogen-bond acceptors (Lipinski definition) is 3. The number of methoxy groups -OCH3 is 1. The minimum atomic E-state index is -0.328. The molecule has 90 valence electrons. The largest absolute Gasteiger partial charge is 0.465 e. The molecule has 0 fully saturated rings. The average molecular weight is 232 g/mol. The van der Waals surface area contributed by atoms with Gasteiger partial charge in [-0.3, -0.25) is 0 Å². The van der Waals surface area contributed by atoms with E-state index in [0.29, 0.717) is 11.5 Å². The first-order chi connectivity index (χ1) is 8.10. The molecule has 4 heteroatoms. The SMILES string of the molecule is COC(=O)c1ccc2nc(CC(C)C)cn2c1. The zero-order valence-electron chi connectivity index (χ0n) is 10.3.